The fourth-order valence-electron chi connectivity index (χ4n) is 1.85. The summed E-state index contributed by atoms with van der Waals surface area (Å²) in [7, 11) is 0. The van der Waals surface area contributed by atoms with Gasteiger partial charge in [0.2, 0.25) is 0 Å². The minimum atomic E-state index is -0.406. The lowest BCUT2D eigenvalue weighted by atomic mass is 10.1. The first-order chi connectivity index (χ1) is 10.1. The Kier molecular flexibility index (Phi) is 5.30. The molecule has 2 rings (SSSR count). The number of rotatable bonds is 6. The molecule has 6 heteroatoms. The molecule has 0 heterocycles. The van der Waals surface area contributed by atoms with Crippen molar-refractivity contribution in [2.45, 2.75) is 13.0 Å². The first-order valence-corrected chi connectivity index (χ1v) is 7.24. The highest BCUT2D eigenvalue weighted by Crippen LogP contribution is 2.26. The summed E-state index contributed by atoms with van der Waals surface area (Å²) in [5.74, 6) is 0.758. The summed E-state index contributed by atoms with van der Waals surface area (Å²) < 4.78 is 6.57. The molecule has 0 atom stereocenters. The summed E-state index contributed by atoms with van der Waals surface area (Å²) in [6, 6.07) is 12.2. The molecule has 0 aliphatic carbocycles. The molecule has 0 bridgehead atoms. The second-order valence-electron chi connectivity index (χ2n) is 4.49. The van der Waals surface area contributed by atoms with Gasteiger partial charge in [-0.25, -0.2) is 0 Å². The number of ether oxygens (including phenoxy) is 1. The number of halogens is 1. The maximum Gasteiger partial charge on any atom is 0.269 e. The molecule has 0 radical (unpaired) electrons. The van der Waals surface area contributed by atoms with Gasteiger partial charge in [0.15, 0.2) is 0 Å². The predicted octanol–water partition coefficient (Wildman–Crippen LogP) is 3.44. The highest BCUT2D eigenvalue weighted by atomic mass is 79.9. The van der Waals surface area contributed by atoms with Crippen molar-refractivity contribution in [1.29, 1.82) is 0 Å². The zero-order valence-corrected chi connectivity index (χ0v) is 12.9. The molecule has 2 N–H and O–H groups in total. The lowest BCUT2D eigenvalue weighted by Gasteiger charge is -2.09. The normalized spacial score (nSPS) is 10.4. The van der Waals surface area contributed by atoms with E-state index in [0.29, 0.717) is 19.6 Å². The van der Waals surface area contributed by atoms with Crippen LogP contribution in [0.1, 0.15) is 11.1 Å². The van der Waals surface area contributed by atoms with E-state index in [0.717, 1.165) is 21.3 Å². The van der Waals surface area contributed by atoms with E-state index in [-0.39, 0.29) is 5.69 Å². The Balaban J connectivity index is 1.90. The van der Waals surface area contributed by atoms with Crippen molar-refractivity contribution in [1.82, 2.24) is 0 Å². The second-order valence-corrected chi connectivity index (χ2v) is 5.35. The molecule has 0 aliphatic rings. The second kappa shape index (κ2) is 7.19. The van der Waals surface area contributed by atoms with E-state index < -0.39 is 4.92 Å². The van der Waals surface area contributed by atoms with Crippen LogP contribution in [0, 0.1) is 10.1 Å². The molecule has 0 saturated heterocycles. The van der Waals surface area contributed by atoms with Gasteiger partial charge in [0.25, 0.3) is 5.69 Å². The summed E-state index contributed by atoms with van der Waals surface area (Å²) >= 11 is 3.44. The molecule has 0 unspecified atom stereocenters. The zero-order chi connectivity index (χ0) is 15.2. The van der Waals surface area contributed by atoms with Crippen LogP contribution in [0.5, 0.6) is 5.75 Å². The van der Waals surface area contributed by atoms with Crippen molar-refractivity contribution in [3.63, 3.8) is 0 Å². The van der Waals surface area contributed by atoms with Crippen molar-refractivity contribution in [2.75, 3.05) is 6.61 Å². The molecule has 0 fully saturated rings. The number of hydrogen-bond donors (Lipinski definition) is 1. The summed E-state index contributed by atoms with van der Waals surface area (Å²) in [5.41, 5.74) is 7.69. The first kappa shape index (κ1) is 15.5. The van der Waals surface area contributed by atoms with Gasteiger partial charge >= 0.3 is 0 Å². The molecule has 0 saturated carbocycles. The third-order valence-corrected chi connectivity index (χ3v) is 3.65. The van der Waals surface area contributed by atoms with E-state index in [4.69, 9.17) is 10.5 Å². The molecule has 2 aromatic carbocycles. The van der Waals surface area contributed by atoms with Crippen LogP contribution in [0.3, 0.4) is 0 Å². The Bertz CT molecular complexity index is 629. The fourth-order valence-corrected chi connectivity index (χ4v) is 2.39. The minimum absolute atomic E-state index is 0.0970. The first-order valence-electron chi connectivity index (χ1n) is 6.45. The molecular weight excluding hydrogens is 336 g/mol. The van der Waals surface area contributed by atoms with Crippen LogP contribution in [-0.2, 0) is 13.0 Å². The Morgan fingerprint density at radius 2 is 1.81 bits per heavy atom. The quantitative estimate of drug-likeness (QED) is 0.639. The van der Waals surface area contributed by atoms with Gasteiger partial charge < -0.3 is 10.5 Å². The Hall–Kier alpha value is -1.92. The number of non-ortho nitro benzene ring substituents is 1. The van der Waals surface area contributed by atoms with Gasteiger partial charge in [-0.3, -0.25) is 10.1 Å². The molecule has 2 aromatic rings. The topological polar surface area (TPSA) is 78.4 Å². The van der Waals surface area contributed by atoms with Gasteiger partial charge in [-0.05, 0) is 39.2 Å². The van der Waals surface area contributed by atoms with Crippen molar-refractivity contribution in [3.8, 4) is 5.75 Å². The number of nitrogens with zero attached hydrogens (tertiary/aromatic N) is 1. The average molecular weight is 351 g/mol. The summed E-state index contributed by atoms with van der Waals surface area (Å²) in [6.07, 6.45) is 0.684. The van der Waals surface area contributed by atoms with E-state index in [1.54, 1.807) is 12.1 Å². The number of hydrogen-bond acceptors (Lipinski definition) is 4. The molecular formula is C15H15BrN2O3. The van der Waals surface area contributed by atoms with Crippen LogP contribution in [0.2, 0.25) is 0 Å². The molecule has 0 spiro atoms. The number of nitro groups is 1. The zero-order valence-electron chi connectivity index (χ0n) is 11.3. The van der Waals surface area contributed by atoms with E-state index in [1.165, 1.54) is 12.1 Å². The molecule has 0 amide bonds. The molecule has 0 aliphatic heterocycles. The third-order valence-electron chi connectivity index (χ3n) is 3.03. The standard InChI is InChI=1S/C15H15BrN2O3/c16-14-9-12(10-17)3-6-15(14)21-8-7-11-1-4-13(5-2-11)18(19)20/h1-6,9H,7-8,10,17H2. The van der Waals surface area contributed by atoms with Crippen LogP contribution >= 0.6 is 15.9 Å². The van der Waals surface area contributed by atoms with E-state index in [9.17, 15) is 10.1 Å². The highest BCUT2D eigenvalue weighted by Gasteiger charge is 2.05. The molecule has 110 valence electrons. The van der Waals surface area contributed by atoms with Gasteiger partial charge in [-0.15, -0.1) is 0 Å². The van der Waals surface area contributed by atoms with Crippen LogP contribution in [-0.4, -0.2) is 11.5 Å². The van der Waals surface area contributed by atoms with Crippen molar-refractivity contribution in [2.24, 2.45) is 5.73 Å². The lowest BCUT2D eigenvalue weighted by molar-refractivity contribution is -0.384. The highest BCUT2D eigenvalue weighted by molar-refractivity contribution is 9.10. The van der Waals surface area contributed by atoms with Gasteiger partial charge in [0, 0.05) is 25.1 Å². The number of benzene rings is 2. The minimum Gasteiger partial charge on any atom is -0.492 e. The maximum absolute atomic E-state index is 10.6. The molecule has 0 aromatic heterocycles. The van der Waals surface area contributed by atoms with E-state index in [2.05, 4.69) is 15.9 Å². The average Bonchev–Trinajstić information content (AvgIpc) is 2.49. The maximum atomic E-state index is 10.6. The van der Waals surface area contributed by atoms with Crippen LogP contribution in [0.15, 0.2) is 46.9 Å². The van der Waals surface area contributed by atoms with Crippen LogP contribution in [0.4, 0.5) is 5.69 Å². The summed E-state index contributed by atoms with van der Waals surface area (Å²) in [5, 5.41) is 10.6. The predicted molar refractivity (Wildman–Crippen MR) is 84.3 cm³/mol. The van der Waals surface area contributed by atoms with Crippen LogP contribution < -0.4 is 10.5 Å². The van der Waals surface area contributed by atoms with E-state index in [1.807, 2.05) is 18.2 Å². The Labute approximate surface area is 131 Å². The largest absolute Gasteiger partial charge is 0.492 e. The number of nitrogens with two attached hydrogens (primary N) is 1. The lowest BCUT2D eigenvalue weighted by Crippen LogP contribution is -2.03. The van der Waals surface area contributed by atoms with Crippen molar-refractivity contribution >= 4 is 21.6 Å². The van der Waals surface area contributed by atoms with Gasteiger partial charge in [0.05, 0.1) is 16.0 Å². The SMILES string of the molecule is NCc1ccc(OCCc2ccc([N+](=O)[O-])cc2)c(Br)c1. The monoisotopic (exact) mass is 350 g/mol. The molecule has 21 heavy (non-hydrogen) atoms. The fraction of sp³-hybridized carbons (Fsp3) is 0.200. The van der Waals surface area contributed by atoms with E-state index >= 15 is 0 Å². The van der Waals surface area contributed by atoms with Gasteiger partial charge in [-0.1, -0.05) is 18.2 Å². The number of nitro benzene ring substituents is 1. The van der Waals surface area contributed by atoms with Gasteiger partial charge in [0.1, 0.15) is 5.75 Å². The third kappa shape index (κ3) is 4.27. The van der Waals surface area contributed by atoms with Crippen LogP contribution in [0.25, 0.3) is 0 Å². The Morgan fingerprint density at radius 3 is 2.38 bits per heavy atom. The summed E-state index contributed by atoms with van der Waals surface area (Å²) in [4.78, 5) is 10.2. The Morgan fingerprint density at radius 1 is 1.14 bits per heavy atom. The molecule has 5 nitrogen and oxygen atoms in total. The van der Waals surface area contributed by atoms with Crippen molar-refractivity contribution in [3.05, 3.63) is 68.2 Å². The smallest absolute Gasteiger partial charge is 0.269 e. The van der Waals surface area contributed by atoms with Crippen molar-refractivity contribution < 1.29 is 9.66 Å². The summed E-state index contributed by atoms with van der Waals surface area (Å²) in [6.45, 7) is 0.986. The van der Waals surface area contributed by atoms with Gasteiger partial charge in [-0.2, -0.15) is 0 Å².